The largest absolute Gasteiger partial charge is 0.368 e. The Kier molecular flexibility index (Phi) is 6.32. The van der Waals surface area contributed by atoms with Gasteiger partial charge in [0.1, 0.15) is 0 Å². The molecule has 2 aromatic carbocycles. The van der Waals surface area contributed by atoms with Crippen LogP contribution in [-0.2, 0) is 0 Å². The van der Waals surface area contributed by atoms with Crippen molar-refractivity contribution >= 4 is 34.1 Å². The Labute approximate surface area is 175 Å². The van der Waals surface area contributed by atoms with Gasteiger partial charge in [-0.05, 0) is 37.6 Å². The van der Waals surface area contributed by atoms with Gasteiger partial charge in [0.25, 0.3) is 5.91 Å². The molecule has 0 aliphatic carbocycles. The Balaban J connectivity index is 1.15. The number of H-pyrrole nitrogens is 1. The van der Waals surface area contributed by atoms with Crippen LogP contribution < -0.4 is 10.2 Å². The fraction of sp³-hybridized carbons (Fsp3) is 0.364. The molecule has 1 amide bonds. The highest BCUT2D eigenvalue weighted by Crippen LogP contribution is 2.26. The molecule has 3 aromatic rings. The zero-order valence-corrected chi connectivity index (χ0v) is 17.2. The standard InChI is InChI=1S/C22H26ClN5O/c23-18-8-2-4-10-20(18)28-15-13-27(14-16-28)12-6-5-11-24-22(29)21-17-7-1-3-9-19(17)25-26-21/h1-4,7-10H,5-6,11-16H2,(H,24,29)(H,25,26). The van der Waals surface area contributed by atoms with Crippen molar-refractivity contribution in [3.63, 3.8) is 0 Å². The molecular weight excluding hydrogens is 386 g/mol. The summed E-state index contributed by atoms with van der Waals surface area (Å²) in [5.74, 6) is -0.115. The maximum atomic E-state index is 12.4. The molecule has 1 fully saturated rings. The first-order chi connectivity index (χ1) is 14.2. The summed E-state index contributed by atoms with van der Waals surface area (Å²) in [6.45, 7) is 5.78. The molecule has 0 bridgehead atoms. The molecule has 1 aliphatic heterocycles. The smallest absolute Gasteiger partial charge is 0.272 e. The number of piperazine rings is 1. The van der Waals surface area contributed by atoms with E-state index in [4.69, 9.17) is 11.6 Å². The van der Waals surface area contributed by atoms with Crippen molar-refractivity contribution in [2.75, 3.05) is 44.2 Å². The van der Waals surface area contributed by atoms with Crippen LogP contribution in [-0.4, -0.2) is 60.3 Å². The summed E-state index contributed by atoms with van der Waals surface area (Å²) >= 11 is 6.31. The number of amides is 1. The van der Waals surface area contributed by atoms with Gasteiger partial charge in [0.15, 0.2) is 5.69 Å². The van der Waals surface area contributed by atoms with Crippen LogP contribution in [0.3, 0.4) is 0 Å². The summed E-state index contributed by atoms with van der Waals surface area (Å²) in [5, 5.41) is 11.7. The quantitative estimate of drug-likeness (QED) is 0.583. The van der Waals surface area contributed by atoms with Gasteiger partial charge in [0.05, 0.1) is 16.2 Å². The molecule has 152 valence electrons. The second kappa shape index (κ2) is 9.29. The van der Waals surface area contributed by atoms with Crippen molar-refractivity contribution in [3.05, 3.63) is 59.2 Å². The summed E-state index contributed by atoms with van der Waals surface area (Å²) in [6.07, 6.45) is 2.02. The molecule has 0 saturated carbocycles. The van der Waals surface area contributed by atoms with E-state index in [1.165, 1.54) is 0 Å². The van der Waals surface area contributed by atoms with Gasteiger partial charge >= 0.3 is 0 Å². The van der Waals surface area contributed by atoms with Crippen LogP contribution in [0.2, 0.25) is 5.02 Å². The van der Waals surface area contributed by atoms with Gasteiger partial charge < -0.3 is 10.2 Å². The van der Waals surface area contributed by atoms with E-state index in [1.54, 1.807) is 0 Å². The number of benzene rings is 2. The van der Waals surface area contributed by atoms with E-state index in [0.29, 0.717) is 12.2 Å². The van der Waals surface area contributed by atoms with E-state index in [1.807, 2.05) is 42.5 Å². The summed E-state index contributed by atoms with van der Waals surface area (Å²) in [7, 11) is 0. The lowest BCUT2D eigenvalue weighted by Crippen LogP contribution is -2.46. The number of hydrogen-bond donors (Lipinski definition) is 2. The highest BCUT2D eigenvalue weighted by Gasteiger charge is 2.18. The maximum absolute atomic E-state index is 12.4. The number of carbonyl (C=O) groups excluding carboxylic acids is 1. The minimum absolute atomic E-state index is 0.115. The first-order valence-electron chi connectivity index (χ1n) is 10.2. The molecule has 2 N–H and O–H groups in total. The molecule has 2 heterocycles. The van der Waals surface area contributed by atoms with E-state index in [2.05, 4.69) is 31.4 Å². The molecule has 6 nitrogen and oxygen atoms in total. The van der Waals surface area contributed by atoms with Gasteiger partial charge in [0.2, 0.25) is 0 Å². The molecule has 29 heavy (non-hydrogen) atoms. The van der Waals surface area contributed by atoms with Crippen molar-refractivity contribution in [1.82, 2.24) is 20.4 Å². The lowest BCUT2D eigenvalue weighted by molar-refractivity contribution is 0.0949. The van der Waals surface area contributed by atoms with Gasteiger partial charge in [0, 0.05) is 38.1 Å². The molecular formula is C22H26ClN5O. The Bertz CT molecular complexity index is 965. The number of nitrogens with zero attached hydrogens (tertiary/aromatic N) is 3. The normalized spacial score (nSPS) is 15.0. The summed E-state index contributed by atoms with van der Waals surface area (Å²) in [4.78, 5) is 17.2. The summed E-state index contributed by atoms with van der Waals surface area (Å²) in [6, 6.07) is 15.7. The number of unbranched alkanes of at least 4 members (excludes halogenated alkanes) is 1. The van der Waals surface area contributed by atoms with Crippen molar-refractivity contribution in [2.45, 2.75) is 12.8 Å². The molecule has 0 spiro atoms. The van der Waals surface area contributed by atoms with Gasteiger partial charge in [-0.2, -0.15) is 5.10 Å². The number of nitrogens with one attached hydrogen (secondary N) is 2. The molecule has 1 saturated heterocycles. The predicted octanol–water partition coefficient (Wildman–Crippen LogP) is 3.55. The molecule has 0 atom stereocenters. The van der Waals surface area contributed by atoms with Gasteiger partial charge in [-0.25, -0.2) is 0 Å². The average Bonchev–Trinajstić information content (AvgIpc) is 3.19. The third kappa shape index (κ3) is 4.71. The maximum Gasteiger partial charge on any atom is 0.272 e. The van der Waals surface area contributed by atoms with Crippen LogP contribution in [0.25, 0.3) is 10.9 Å². The van der Waals surface area contributed by atoms with E-state index >= 15 is 0 Å². The Morgan fingerprint density at radius 2 is 1.79 bits per heavy atom. The zero-order chi connectivity index (χ0) is 20.1. The SMILES string of the molecule is O=C(NCCCCN1CCN(c2ccccc2Cl)CC1)c1n[nH]c2ccccc12. The topological polar surface area (TPSA) is 64.3 Å². The van der Waals surface area contributed by atoms with E-state index in [9.17, 15) is 4.79 Å². The minimum Gasteiger partial charge on any atom is -0.368 e. The Hall–Kier alpha value is -2.57. The van der Waals surface area contributed by atoms with E-state index in [-0.39, 0.29) is 5.91 Å². The van der Waals surface area contributed by atoms with E-state index in [0.717, 1.165) is 67.2 Å². The summed E-state index contributed by atoms with van der Waals surface area (Å²) in [5.41, 5.74) is 2.48. The highest BCUT2D eigenvalue weighted by molar-refractivity contribution is 6.33. The number of carbonyl (C=O) groups is 1. The van der Waals surface area contributed by atoms with Crippen LogP contribution in [0.1, 0.15) is 23.3 Å². The van der Waals surface area contributed by atoms with Crippen molar-refractivity contribution in [1.29, 1.82) is 0 Å². The molecule has 0 unspecified atom stereocenters. The number of para-hydroxylation sites is 2. The Morgan fingerprint density at radius 3 is 2.62 bits per heavy atom. The average molecular weight is 412 g/mol. The van der Waals surface area contributed by atoms with Crippen LogP contribution in [0.4, 0.5) is 5.69 Å². The van der Waals surface area contributed by atoms with Crippen LogP contribution in [0.5, 0.6) is 0 Å². The van der Waals surface area contributed by atoms with Crippen LogP contribution >= 0.6 is 11.6 Å². The fourth-order valence-corrected chi connectivity index (χ4v) is 4.06. The molecule has 1 aliphatic rings. The zero-order valence-electron chi connectivity index (χ0n) is 16.4. The van der Waals surface area contributed by atoms with Gasteiger partial charge in [-0.3, -0.25) is 14.8 Å². The first-order valence-corrected chi connectivity index (χ1v) is 10.5. The number of aromatic amines is 1. The monoisotopic (exact) mass is 411 g/mol. The van der Waals surface area contributed by atoms with Gasteiger partial charge in [-0.1, -0.05) is 41.9 Å². The number of rotatable bonds is 7. The lowest BCUT2D eigenvalue weighted by Gasteiger charge is -2.36. The molecule has 4 rings (SSSR count). The number of halogens is 1. The fourth-order valence-electron chi connectivity index (χ4n) is 3.80. The van der Waals surface area contributed by atoms with Crippen LogP contribution in [0.15, 0.2) is 48.5 Å². The third-order valence-corrected chi connectivity index (χ3v) is 5.76. The number of hydrogen-bond acceptors (Lipinski definition) is 4. The molecule has 1 aromatic heterocycles. The third-order valence-electron chi connectivity index (χ3n) is 5.44. The molecule has 0 radical (unpaired) electrons. The van der Waals surface area contributed by atoms with Crippen molar-refractivity contribution in [2.24, 2.45) is 0 Å². The lowest BCUT2D eigenvalue weighted by atomic mass is 10.2. The summed E-state index contributed by atoms with van der Waals surface area (Å²) < 4.78 is 0. The second-order valence-electron chi connectivity index (χ2n) is 7.36. The van der Waals surface area contributed by atoms with Crippen molar-refractivity contribution < 1.29 is 4.79 Å². The minimum atomic E-state index is -0.115. The van der Waals surface area contributed by atoms with Crippen molar-refractivity contribution in [3.8, 4) is 0 Å². The second-order valence-corrected chi connectivity index (χ2v) is 7.77. The van der Waals surface area contributed by atoms with Gasteiger partial charge in [-0.15, -0.1) is 0 Å². The molecule has 7 heteroatoms. The number of anilines is 1. The number of aromatic nitrogens is 2. The first kappa shape index (κ1) is 19.7. The predicted molar refractivity (Wildman–Crippen MR) is 118 cm³/mol. The highest BCUT2D eigenvalue weighted by atomic mass is 35.5. The van der Waals surface area contributed by atoms with E-state index < -0.39 is 0 Å². The van der Waals surface area contributed by atoms with Crippen LogP contribution in [0, 0.1) is 0 Å². The Morgan fingerprint density at radius 1 is 1.03 bits per heavy atom. The number of fused-ring (bicyclic) bond motifs is 1.